The van der Waals surface area contributed by atoms with Crippen molar-refractivity contribution in [2.75, 3.05) is 11.9 Å². The minimum absolute atomic E-state index is 0.0949. The maximum absolute atomic E-state index is 12.4. The SMILES string of the molecule is CC(C)c1ccc(C(=O)Nc2ncc(CN3CCCCC3C)s2)cc1. The largest absolute Gasteiger partial charge is 0.298 e. The number of likely N-dealkylation sites (tertiary alicyclic amines) is 1. The standard InChI is InChI=1S/C20H27N3OS/c1-14(2)16-7-9-17(10-8-16)19(24)22-20-21-12-18(25-20)13-23-11-5-4-6-15(23)3/h7-10,12,14-15H,4-6,11,13H2,1-3H3,(H,21,22,24). The lowest BCUT2D eigenvalue weighted by molar-refractivity contribution is 0.102. The Labute approximate surface area is 154 Å². The quantitative estimate of drug-likeness (QED) is 0.828. The van der Waals surface area contributed by atoms with Gasteiger partial charge in [-0.05, 0) is 49.9 Å². The van der Waals surface area contributed by atoms with Crippen molar-refractivity contribution in [3.8, 4) is 0 Å². The van der Waals surface area contributed by atoms with Crippen LogP contribution in [0, 0.1) is 0 Å². The molecule has 1 fully saturated rings. The molecule has 1 atom stereocenters. The summed E-state index contributed by atoms with van der Waals surface area (Å²) in [6, 6.07) is 8.44. The second-order valence-corrected chi connectivity index (χ2v) is 8.29. The summed E-state index contributed by atoms with van der Waals surface area (Å²) in [5.74, 6) is 0.373. The van der Waals surface area contributed by atoms with Crippen LogP contribution < -0.4 is 5.32 Å². The van der Waals surface area contributed by atoms with Gasteiger partial charge in [-0.3, -0.25) is 15.0 Å². The molecule has 3 rings (SSSR count). The lowest BCUT2D eigenvalue weighted by Gasteiger charge is -2.32. The number of rotatable bonds is 5. The van der Waals surface area contributed by atoms with Gasteiger partial charge in [0.1, 0.15) is 0 Å². The second kappa shape index (κ2) is 8.11. The van der Waals surface area contributed by atoms with Crippen LogP contribution in [0.1, 0.15) is 66.8 Å². The summed E-state index contributed by atoms with van der Waals surface area (Å²) >= 11 is 1.57. The summed E-state index contributed by atoms with van der Waals surface area (Å²) in [5.41, 5.74) is 1.91. The maximum Gasteiger partial charge on any atom is 0.257 e. The molecule has 5 heteroatoms. The lowest BCUT2D eigenvalue weighted by atomic mass is 10.0. The normalized spacial score (nSPS) is 18.5. The minimum atomic E-state index is -0.0949. The average molecular weight is 358 g/mol. The Morgan fingerprint density at radius 2 is 2.08 bits per heavy atom. The second-order valence-electron chi connectivity index (χ2n) is 7.18. The number of aromatic nitrogens is 1. The zero-order chi connectivity index (χ0) is 17.8. The third-order valence-electron chi connectivity index (χ3n) is 4.91. The van der Waals surface area contributed by atoms with E-state index in [1.54, 1.807) is 11.3 Å². The highest BCUT2D eigenvalue weighted by Crippen LogP contribution is 2.24. The van der Waals surface area contributed by atoms with Gasteiger partial charge >= 0.3 is 0 Å². The van der Waals surface area contributed by atoms with E-state index in [1.165, 1.54) is 29.7 Å². The van der Waals surface area contributed by atoms with Crippen molar-refractivity contribution in [3.63, 3.8) is 0 Å². The fraction of sp³-hybridized carbons (Fsp3) is 0.500. The van der Waals surface area contributed by atoms with Gasteiger partial charge in [0.25, 0.3) is 5.91 Å². The van der Waals surface area contributed by atoms with E-state index >= 15 is 0 Å². The lowest BCUT2D eigenvalue weighted by Crippen LogP contribution is -2.36. The molecular formula is C20H27N3OS. The summed E-state index contributed by atoms with van der Waals surface area (Å²) < 4.78 is 0. The third kappa shape index (κ3) is 4.67. The molecule has 1 amide bonds. The molecule has 4 nitrogen and oxygen atoms in total. The van der Waals surface area contributed by atoms with Crippen LogP contribution >= 0.6 is 11.3 Å². The third-order valence-corrected chi connectivity index (χ3v) is 5.81. The monoisotopic (exact) mass is 357 g/mol. The van der Waals surface area contributed by atoms with E-state index in [1.807, 2.05) is 30.5 Å². The van der Waals surface area contributed by atoms with Gasteiger partial charge in [0, 0.05) is 29.2 Å². The summed E-state index contributed by atoms with van der Waals surface area (Å²) in [7, 11) is 0. The molecule has 0 bridgehead atoms. The van der Waals surface area contributed by atoms with Crippen molar-refractivity contribution in [2.45, 2.75) is 58.5 Å². The number of benzene rings is 1. The molecule has 0 radical (unpaired) electrons. The number of hydrogen-bond acceptors (Lipinski definition) is 4. The number of nitrogens with zero attached hydrogens (tertiary/aromatic N) is 2. The molecule has 25 heavy (non-hydrogen) atoms. The van der Waals surface area contributed by atoms with Gasteiger partial charge in [-0.25, -0.2) is 4.98 Å². The van der Waals surface area contributed by atoms with E-state index in [0.29, 0.717) is 22.7 Å². The molecule has 134 valence electrons. The highest BCUT2D eigenvalue weighted by molar-refractivity contribution is 7.15. The smallest absolute Gasteiger partial charge is 0.257 e. The zero-order valence-corrected chi connectivity index (χ0v) is 16.1. The first-order valence-corrected chi connectivity index (χ1v) is 9.94. The Hall–Kier alpha value is -1.72. The Morgan fingerprint density at radius 3 is 2.76 bits per heavy atom. The van der Waals surface area contributed by atoms with Gasteiger partial charge in [0.05, 0.1) is 0 Å². The molecule has 1 aliphatic rings. The van der Waals surface area contributed by atoms with Crippen LogP contribution in [-0.4, -0.2) is 28.4 Å². The van der Waals surface area contributed by atoms with Crippen LogP contribution in [0.25, 0.3) is 0 Å². The predicted octanol–water partition coefficient (Wildman–Crippen LogP) is 4.89. The van der Waals surface area contributed by atoms with Crippen molar-refractivity contribution in [1.82, 2.24) is 9.88 Å². The van der Waals surface area contributed by atoms with Gasteiger partial charge in [-0.2, -0.15) is 0 Å². The summed E-state index contributed by atoms with van der Waals surface area (Å²) in [4.78, 5) is 20.5. The van der Waals surface area contributed by atoms with Gasteiger partial charge in [0.15, 0.2) is 5.13 Å². The van der Waals surface area contributed by atoms with Crippen LogP contribution in [0.4, 0.5) is 5.13 Å². The molecule has 1 unspecified atom stereocenters. The van der Waals surface area contributed by atoms with Crippen LogP contribution in [0.3, 0.4) is 0 Å². The molecule has 1 aromatic heterocycles. The molecule has 0 aliphatic carbocycles. The van der Waals surface area contributed by atoms with E-state index in [9.17, 15) is 4.79 Å². The molecule has 2 heterocycles. The van der Waals surface area contributed by atoms with E-state index in [0.717, 1.165) is 13.1 Å². The Balaban J connectivity index is 1.59. The van der Waals surface area contributed by atoms with Crippen LogP contribution in [-0.2, 0) is 6.54 Å². The fourth-order valence-electron chi connectivity index (χ4n) is 3.22. The summed E-state index contributed by atoms with van der Waals surface area (Å²) in [6.07, 6.45) is 5.77. The van der Waals surface area contributed by atoms with E-state index in [2.05, 4.69) is 36.0 Å². The molecular weight excluding hydrogens is 330 g/mol. The van der Waals surface area contributed by atoms with Crippen LogP contribution in [0.15, 0.2) is 30.5 Å². The minimum Gasteiger partial charge on any atom is -0.298 e. The van der Waals surface area contributed by atoms with Crippen molar-refractivity contribution in [1.29, 1.82) is 0 Å². The molecule has 2 aromatic rings. The van der Waals surface area contributed by atoms with Crippen molar-refractivity contribution < 1.29 is 4.79 Å². The van der Waals surface area contributed by atoms with Crippen molar-refractivity contribution in [2.24, 2.45) is 0 Å². The number of hydrogen-bond donors (Lipinski definition) is 1. The molecule has 1 saturated heterocycles. The summed E-state index contributed by atoms with van der Waals surface area (Å²) in [5, 5.41) is 3.60. The fourth-order valence-corrected chi connectivity index (χ4v) is 4.05. The van der Waals surface area contributed by atoms with Crippen LogP contribution in [0.5, 0.6) is 0 Å². The Morgan fingerprint density at radius 1 is 1.32 bits per heavy atom. The van der Waals surface area contributed by atoms with E-state index in [4.69, 9.17) is 0 Å². The van der Waals surface area contributed by atoms with Crippen molar-refractivity contribution >= 4 is 22.4 Å². The zero-order valence-electron chi connectivity index (χ0n) is 15.3. The number of nitrogens with one attached hydrogen (secondary N) is 1. The van der Waals surface area contributed by atoms with Gasteiger partial charge in [-0.1, -0.05) is 32.4 Å². The number of thiazole rings is 1. The molecule has 0 saturated carbocycles. The number of carbonyl (C=O) groups is 1. The van der Waals surface area contributed by atoms with Crippen molar-refractivity contribution in [3.05, 3.63) is 46.5 Å². The maximum atomic E-state index is 12.4. The number of anilines is 1. The molecule has 1 aliphatic heterocycles. The van der Waals surface area contributed by atoms with Gasteiger partial charge in [0.2, 0.25) is 0 Å². The number of piperidine rings is 1. The highest BCUT2D eigenvalue weighted by Gasteiger charge is 2.19. The van der Waals surface area contributed by atoms with Crippen LogP contribution in [0.2, 0.25) is 0 Å². The Bertz CT molecular complexity index is 708. The van der Waals surface area contributed by atoms with Gasteiger partial charge < -0.3 is 0 Å². The first-order valence-electron chi connectivity index (χ1n) is 9.13. The number of amides is 1. The predicted molar refractivity (Wildman–Crippen MR) is 104 cm³/mol. The molecule has 0 spiro atoms. The average Bonchev–Trinajstić information content (AvgIpc) is 3.04. The number of carbonyl (C=O) groups excluding carboxylic acids is 1. The molecule has 1 aromatic carbocycles. The first-order chi connectivity index (χ1) is 12.0. The first kappa shape index (κ1) is 18.1. The highest BCUT2D eigenvalue weighted by atomic mass is 32.1. The Kier molecular flexibility index (Phi) is 5.86. The molecule has 1 N–H and O–H groups in total. The summed E-state index contributed by atoms with van der Waals surface area (Å²) in [6.45, 7) is 8.68. The van der Waals surface area contributed by atoms with E-state index < -0.39 is 0 Å². The van der Waals surface area contributed by atoms with Gasteiger partial charge in [-0.15, -0.1) is 11.3 Å². The topological polar surface area (TPSA) is 45.2 Å². The van der Waals surface area contributed by atoms with E-state index in [-0.39, 0.29) is 5.91 Å².